The van der Waals surface area contributed by atoms with Crippen molar-refractivity contribution in [2.45, 2.75) is 19.0 Å². The zero-order valence-corrected chi connectivity index (χ0v) is 12.7. The topological polar surface area (TPSA) is 65.8 Å². The number of carbonyl (C=O) groups is 2. The van der Waals surface area contributed by atoms with Gasteiger partial charge in [-0.15, -0.1) is 0 Å². The summed E-state index contributed by atoms with van der Waals surface area (Å²) in [5, 5.41) is 3.78. The van der Waals surface area contributed by atoms with Gasteiger partial charge in [-0.3, -0.25) is 4.79 Å². The third-order valence-electron chi connectivity index (χ3n) is 3.94. The Morgan fingerprint density at radius 2 is 2.23 bits per heavy atom. The van der Waals surface area contributed by atoms with Crippen molar-refractivity contribution in [3.63, 3.8) is 0 Å². The van der Waals surface area contributed by atoms with Crippen molar-refractivity contribution in [1.29, 1.82) is 0 Å². The van der Waals surface area contributed by atoms with Gasteiger partial charge in [0.25, 0.3) is 0 Å². The molecule has 1 aliphatic rings. The summed E-state index contributed by atoms with van der Waals surface area (Å²) >= 11 is 0. The molecular weight excluding hydrogens is 282 g/mol. The lowest BCUT2D eigenvalue weighted by Crippen LogP contribution is -2.46. The summed E-state index contributed by atoms with van der Waals surface area (Å²) < 4.78 is 5.70. The van der Waals surface area contributed by atoms with Gasteiger partial charge >= 0.3 is 6.03 Å². The first kappa shape index (κ1) is 14.4. The Morgan fingerprint density at radius 3 is 2.91 bits per heavy atom. The molecule has 2 aromatic rings. The van der Waals surface area contributed by atoms with E-state index in [1.807, 2.05) is 30.3 Å². The van der Waals surface area contributed by atoms with Gasteiger partial charge in [0.15, 0.2) is 0 Å². The van der Waals surface area contributed by atoms with Crippen LogP contribution in [0.3, 0.4) is 0 Å². The largest absolute Gasteiger partial charge is 0.459 e. The number of nitrogens with zero attached hydrogens (tertiary/aromatic N) is 2. The van der Waals surface area contributed by atoms with E-state index in [1.165, 1.54) is 4.90 Å². The minimum absolute atomic E-state index is 0.0366. The van der Waals surface area contributed by atoms with Crippen LogP contribution in [0.25, 0.3) is 11.0 Å². The van der Waals surface area contributed by atoms with Crippen LogP contribution in [0.1, 0.15) is 12.2 Å². The number of nitrogens with one attached hydrogen (secondary N) is 1. The lowest BCUT2D eigenvalue weighted by molar-refractivity contribution is -0.128. The summed E-state index contributed by atoms with van der Waals surface area (Å²) in [7, 11) is 3.43. The molecule has 1 unspecified atom stereocenters. The summed E-state index contributed by atoms with van der Waals surface area (Å²) in [5.41, 5.74) is 0.805. The van der Waals surface area contributed by atoms with Crippen molar-refractivity contribution in [3.8, 4) is 0 Å². The minimum Gasteiger partial charge on any atom is -0.459 e. The molecule has 0 spiro atoms. The number of hydrogen-bond acceptors (Lipinski definition) is 3. The predicted octanol–water partition coefficient (Wildman–Crippen LogP) is 1.80. The number of furan rings is 1. The third-order valence-corrected chi connectivity index (χ3v) is 3.94. The molecule has 3 amide bonds. The van der Waals surface area contributed by atoms with Crippen molar-refractivity contribution >= 4 is 22.9 Å². The summed E-state index contributed by atoms with van der Waals surface area (Å²) in [5.74, 6) is 0.680. The normalized spacial score (nSPS) is 18.0. The van der Waals surface area contributed by atoms with E-state index in [-0.39, 0.29) is 11.9 Å². The van der Waals surface area contributed by atoms with Gasteiger partial charge in [-0.25, -0.2) is 4.79 Å². The second-order valence-electron chi connectivity index (χ2n) is 5.66. The Balaban J connectivity index is 1.62. The van der Waals surface area contributed by atoms with Gasteiger partial charge in [0, 0.05) is 26.0 Å². The highest BCUT2D eigenvalue weighted by Gasteiger charge is 2.31. The Hall–Kier alpha value is -2.50. The quantitative estimate of drug-likeness (QED) is 0.940. The average Bonchev–Trinajstić information content (AvgIpc) is 3.04. The Labute approximate surface area is 128 Å². The van der Waals surface area contributed by atoms with Crippen molar-refractivity contribution < 1.29 is 14.0 Å². The van der Waals surface area contributed by atoms with Crippen LogP contribution in [0.15, 0.2) is 34.7 Å². The number of carbonyl (C=O) groups excluding carboxylic acids is 2. The molecule has 1 atom stereocenters. The number of likely N-dealkylation sites (tertiary alicyclic amines) is 1. The molecule has 1 aromatic carbocycles. The van der Waals surface area contributed by atoms with E-state index < -0.39 is 6.04 Å². The second kappa shape index (κ2) is 5.71. The van der Waals surface area contributed by atoms with E-state index in [1.54, 1.807) is 19.0 Å². The number of fused-ring (bicyclic) bond motifs is 1. The van der Waals surface area contributed by atoms with Crippen LogP contribution in [0.5, 0.6) is 0 Å². The van der Waals surface area contributed by atoms with E-state index in [4.69, 9.17) is 4.42 Å². The smallest absolute Gasteiger partial charge is 0.318 e. The maximum atomic E-state index is 12.2. The molecule has 0 bridgehead atoms. The monoisotopic (exact) mass is 301 g/mol. The van der Waals surface area contributed by atoms with Gasteiger partial charge < -0.3 is 19.5 Å². The first-order valence-corrected chi connectivity index (χ1v) is 7.28. The molecule has 6 heteroatoms. The Morgan fingerprint density at radius 1 is 1.45 bits per heavy atom. The number of hydrogen-bond donors (Lipinski definition) is 1. The predicted molar refractivity (Wildman–Crippen MR) is 82.3 cm³/mol. The molecule has 0 saturated carbocycles. The molecule has 116 valence electrons. The molecule has 1 fully saturated rings. The van der Waals surface area contributed by atoms with Gasteiger partial charge in [0.2, 0.25) is 5.91 Å². The summed E-state index contributed by atoms with van der Waals surface area (Å²) in [4.78, 5) is 27.1. The number of urea groups is 1. The van der Waals surface area contributed by atoms with Crippen LogP contribution in [0, 0.1) is 0 Å². The number of para-hydroxylation sites is 1. The summed E-state index contributed by atoms with van der Waals surface area (Å²) in [6.45, 7) is 1.04. The fourth-order valence-corrected chi connectivity index (χ4v) is 2.64. The van der Waals surface area contributed by atoms with Gasteiger partial charge in [-0.1, -0.05) is 18.2 Å². The van der Waals surface area contributed by atoms with Crippen LogP contribution in [0.4, 0.5) is 4.79 Å². The first-order valence-electron chi connectivity index (χ1n) is 7.28. The van der Waals surface area contributed by atoms with Crippen LogP contribution in [-0.2, 0) is 11.3 Å². The molecule has 1 aromatic heterocycles. The SMILES string of the molecule is CN(Cc1cc2ccccc2o1)C(=O)NC1CCN(C)C1=O. The van der Waals surface area contributed by atoms with Gasteiger partial charge in [-0.05, 0) is 18.6 Å². The van der Waals surface area contributed by atoms with Crippen LogP contribution < -0.4 is 5.32 Å². The van der Waals surface area contributed by atoms with Gasteiger partial charge in [-0.2, -0.15) is 0 Å². The highest BCUT2D eigenvalue weighted by Crippen LogP contribution is 2.19. The number of amides is 3. The van der Waals surface area contributed by atoms with Gasteiger partial charge in [0.05, 0.1) is 6.54 Å². The highest BCUT2D eigenvalue weighted by molar-refractivity contribution is 5.88. The standard InChI is InChI=1S/C16H19N3O3/c1-18-8-7-13(15(18)20)17-16(21)19(2)10-12-9-11-5-3-4-6-14(11)22-12/h3-6,9,13H,7-8,10H2,1-2H3,(H,17,21). The van der Waals surface area contributed by atoms with Crippen molar-refractivity contribution in [1.82, 2.24) is 15.1 Å². The lowest BCUT2D eigenvalue weighted by atomic mass is 10.2. The van der Waals surface area contributed by atoms with E-state index in [0.29, 0.717) is 25.3 Å². The Kier molecular flexibility index (Phi) is 3.75. The molecule has 0 radical (unpaired) electrons. The molecule has 0 aliphatic carbocycles. The summed E-state index contributed by atoms with van der Waals surface area (Å²) in [6.07, 6.45) is 0.652. The first-order chi connectivity index (χ1) is 10.5. The fourth-order valence-electron chi connectivity index (χ4n) is 2.64. The zero-order chi connectivity index (χ0) is 15.7. The Bertz CT molecular complexity index is 676. The number of likely N-dealkylation sites (N-methyl/N-ethyl adjacent to an activating group) is 1. The number of rotatable bonds is 3. The van der Waals surface area contributed by atoms with E-state index >= 15 is 0 Å². The van der Waals surface area contributed by atoms with Crippen LogP contribution >= 0.6 is 0 Å². The number of benzene rings is 1. The van der Waals surface area contributed by atoms with Gasteiger partial charge in [0.1, 0.15) is 17.4 Å². The van der Waals surface area contributed by atoms with Crippen molar-refractivity contribution in [3.05, 3.63) is 36.1 Å². The van der Waals surface area contributed by atoms with E-state index in [2.05, 4.69) is 5.32 Å². The average molecular weight is 301 g/mol. The summed E-state index contributed by atoms with van der Waals surface area (Å²) in [6, 6.07) is 8.95. The third kappa shape index (κ3) is 2.77. The highest BCUT2D eigenvalue weighted by atomic mass is 16.3. The maximum Gasteiger partial charge on any atom is 0.318 e. The van der Waals surface area contributed by atoms with E-state index in [9.17, 15) is 9.59 Å². The molecule has 1 aliphatic heterocycles. The second-order valence-corrected chi connectivity index (χ2v) is 5.66. The minimum atomic E-state index is -0.421. The molecule has 22 heavy (non-hydrogen) atoms. The molecule has 1 N–H and O–H groups in total. The maximum absolute atomic E-state index is 12.2. The molecular formula is C16H19N3O3. The molecule has 2 heterocycles. The molecule has 6 nitrogen and oxygen atoms in total. The van der Waals surface area contributed by atoms with Crippen molar-refractivity contribution in [2.75, 3.05) is 20.6 Å². The zero-order valence-electron chi connectivity index (χ0n) is 12.7. The van der Waals surface area contributed by atoms with Crippen LogP contribution in [-0.4, -0.2) is 48.4 Å². The van der Waals surface area contributed by atoms with Crippen molar-refractivity contribution in [2.24, 2.45) is 0 Å². The molecule has 1 saturated heterocycles. The molecule has 3 rings (SSSR count). The lowest BCUT2D eigenvalue weighted by Gasteiger charge is -2.19. The fraction of sp³-hybridized carbons (Fsp3) is 0.375. The van der Waals surface area contributed by atoms with E-state index in [0.717, 1.165) is 11.0 Å². The van der Waals surface area contributed by atoms with Crippen LogP contribution in [0.2, 0.25) is 0 Å².